The van der Waals surface area contributed by atoms with E-state index in [4.69, 9.17) is 11.6 Å². The van der Waals surface area contributed by atoms with Gasteiger partial charge in [0, 0.05) is 11.4 Å². The normalized spacial score (nSPS) is 11.4. The van der Waals surface area contributed by atoms with Crippen LogP contribution in [0.1, 0.15) is 17.0 Å². The minimum Gasteiger partial charge on any atom is -0.505 e. The lowest BCUT2D eigenvalue weighted by molar-refractivity contribution is 0.463. The molecule has 0 atom stereocenters. The van der Waals surface area contributed by atoms with Crippen molar-refractivity contribution in [2.45, 2.75) is 35.7 Å². The SMILES string of the molecule is Cc1ccc(S(=O)(=O)Nc2cc(Cl)c(O)c(Sc3nc(C)cc(C)n3)c2)cc1. The Morgan fingerprint density at radius 2 is 1.61 bits per heavy atom. The monoisotopic (exact) mass is 435 g/mol. The number of halogens is 1. The Balaban J connectivity index is 1.94. The summed E-state index contributed by atoms with van der Waals surface area (Å²) in [6.07, 6.45) is 0. The molecule has 146 valence electrons. The number of phenols is 1. The molecule has 28 heavy (non-hydrogen) atoms. The Hall–Kier alpha value is -2.29. The van der Waals surface area contributed by atoms with Crippen LogP contribution in [0.2, 0.25) is 5.02 Å². The molecule has 1 heterocycles. The Labute approximate surface area is 173 Å². The van der Waals surface area contributed by atoms with Gasteiger partial charge in [-0.1, -0.05) is 29.3 Å². The summed E-state index contributed by atoms with van der Waals surface area (Å²) >= 11 is 7.21. The second kappa shape index (κ2) is 7.98. The molecule has 0 spiro atoms. The molecule has 6 nitrogen and oxygen atoms in total. The van der Waals surface area contributed by atoms with Crippen LogP contribution in [-0.2, 0) is 10.0 Å². The lowest BCUT2D eigenvalue weighted by Gasteiger charge is -2.12. The summed E-state index contributed by atoms with van der Waals surface area (Å²) in [5, 5.41) is 10.7. The lowest BCUT2D eigenvalue weighted by atomic mass is 10.2. The first-order valence-corrected chi connectivity index (χ1v) is 10.9. The second-order valence-corrected chi connectivity index (χ2v) is 9.36. The Bertz CT molecular complexity index is 1110. The van der Waals surface area contributed by atoms with Crippen molar-refractivity contribution in [1.29, 1.82) is 0 Å². The third-order valence-corrected chi connectivity index (χ3v) is 6.36. The molecule has 2 N–H and O–H groups in total. The van der Waals surface area contributed by atoms with Crippen molar-refractivity contribution in [3.05, 3.63) is 64.4 Å². The number of benzene rings is 2. The Kier molecular flexibility index (Phi) is 5.83. The van der Waals surface area contributed by atoms with Crippen molar-refractivity contribution < 1.29 is 13.5 Å². The highest BCUT2D eigenvalue weighted by atomic mass is 35.5. The van der Waals surface area contributed by atoms with Gasteiger partial charge in [0.15, 0.2) is 5.16 Å². The van der Waals surface area contributed by atoms with Crippen LogP contribution in [0.3, 0.4) is 0 Å². The van der Waals surface area contributed by atoms with E-state index in [1.165, 1.54) is 24.3 Å². The minimum atomic E-state index is -3.79. The van der Waals surface area contributed by atoms with Gasteiger partial charge in [-0.05, 0) is 62.9 Å². The Morgan fingerprint density at radius 3 is 2.21 bits per heavy atom. The molecule has 0 bridgehead atoms. The van der Waals surface area contributed by atoms with E-state index in [-0.39, 0.29) is 21.4 Å². The molecule has 0 saturated heterocycles. The maximum atomic E-state index is 12.6. The summed E-state index contributed by atoms with van der Waals surface area (Å²) in [6.45, 7) is 5.57. The molecule has 0 fully saturated rings. The number of aromatic hydroxyl groups is 1. The number of anilines is 1. The topological polar surface area (TPSA) is 92.2 Å². The fraction of sp³-hybridized carbons (Fsp3) is 0.158. The van der Waals surface area contributed by atoms with E-state index >= 15 is 0 Å². The number of rotatable bonds is 5. The lowest BCUT2D eigenvalue weighted by Crippen LogP contribution is -2.13. The zero-order valence-electron chi connectivity index (χ0n) is 15.4. The van der Waals surface area contributed by atoms with Gasteiger partial charge < -0.3 is 5.11 Å². The van der Waals surface area contributed by atoms with Crippen LogP contribution in [0.25, 0.3) is 0 Å². The minimum absolute atomic E-state index is 0.0241. The van der Waals surface area contributed by atoms with Crippen molar-refractivity contribution in [1.82, 2.24) is 9.97 Å². The molecule has 0 aliphatic carbocycles. The highest BCUT2D eigenvalue weighted by Crippen LogP contribution is 2.40. The summed E-state index contributed by atoms with van der Waals surface area (Å²) in [5.41, 5.74) is 2.77. The molecular weight excluding hydrogens is 418 g/mol. The summed E-state index contributed by atoms with van der Waals surface area (Å²) < 4.78 is 27.7. The number of aryl methyl sites for hydroxylation is 3. The number of hydrogen-bond donors (Lipinski definition) is 2. The van der Waals surface area contributed by atoms with Gasteiger partial charge in [-0.25, -0.2) is 18.4 Å². The van der Waals surface area contributed by atoms with Gasteiger partial charge in [0.2, 0.25) is 0 Å². The van der Waals surface area contributed by atoms with Crippen LogP contribution < -0.4 is 4.72 Å². The highest BCUT2D eigenvalue weighted by Gasteiger charge is 2.17. The summed E-state index contributed by atoms with van der Waals surface area (Å²) in [5.74, 6) is -0.160. The second-order valence-electron chi connectivity index (χ2n) is 6.26. The van der Waals surface area contributed by atoms with Gasteiger partial charge in [0.05, 0.1) is 20.5 Å². The summed E-state index contributed by atoms with van der Waals surface area (Å²) in [6, 6.07) is 11.2. The molecule has 3 aromatic rings. The molecule has 1 aromatic heterocycles. The first kappa shape index (κ1) is 20.4. The largest absolute Gasteiger partial charge is 0.505 e. The molecule has 0 amide bonds. The number of nitrogens with one attached hydrogen (secondary N) is 1. The first-order valence-electron chi connectivity index (χ1n) is 8.26. The molecule has 9 heteroatoms. The van der Waals surface area contributed by atoms with E-state index in [1.807, 2.05) is 26.8 Å². The quantitative estimate of drug-likeness (QED) is 0.445. The van der Waals surface area contributed by atoms with Crippen LogP contribution >= 0.6 is 23.4 Å². The van der Waals surface area contributed by atoms with Crippen LogP contribution in [0, 0.1) is 20.8 Å². The van der Waals surface area contributed by atoms with Gasteiger partial charge in [0.1, 0.15) is 5.75 Å². The van der Waals surface area contributed by atoms with Crippen molar-refractivity contribution in [2.75, 3.05) is 4.72 Å². The number of nitrogens with zero attached hydrogens (tertiary/aromatic N) is 2. The Morgan fingerprint density at radius 1 is 1.00 bits per heavy atom. The molecule has 0 aliphatic rings. The number of aromatic nitrogens is 2. The van der Waals surface area contributed by atoms with Crippen LogP contribution in [0.4, 0.5) is 5.69 Å². The highest BCUT2D eigenvalue weighted by molar-refractivity contribution is 7.99. The zero-order chi connectivity index (χ0) is 20.5. The van der Waals surface area contributed by atoms with Crippen LogP contribution in [0.5, 0.6) is 5.75 Å². The fourth-order valence-electron chi connectivity index (χ4n) is 2.48. The van der Waals surface area contributed by atoms with E-state index in [9.17, 15) is 13.5 Å². The number of sulfonamides is 1. The van der Waals surface area contributed by atoms with E-state index in [2.05, 4.69) is 14.7 Å². The van der Waals surface area contributed by atoms with E-state index in [0.717, 1.165) is 28.7 Å². The third kappa shape index (κ3) is 4.76. The molecule has 0 aliphatic heterocycles. The predicted octanol–water partition coefficient (Wildman–Crippen LogP) is 4.71. The van der Waals surface area contributed by atoms with Crippen molar-refractivity contribution in [3.63, 3.8) is 0 Å². The molecule has 3 rings (SSSR count). The molecule has 0 saturated carbocycles. The van der Waals surface area contributed by atoms with Gasteiger partial charge in [-0.2, -0.15) is 0 Å². The maximum Gasteiger partial charge on any atom is 0.261 e. The van der Waals surface area contributed by atoms with Gasteiger partial charge in [0.25, 0.3) is 10.0 Å². The van der Waals surface area contributed by atoms with E-state index in [0.29, 0.717) is 10.1 Å². The average molecular weight is 436 g/mol. The summed E-state index contributed by atoms with van der Waals surface area (Å²) in [4.78, 5) is 9.12. The third-order valence-electron chi connectivity index (χ3n) is 3.77. The van der Waals surface area contributed by atoms with Crippen molar-refractivity contribution in [3.8, 4) is 5.75 Å². The van der Waals surface area contributed by atoms with Crippen LogP contribution in [0.15, 0.2) is 57.4 Å². The van der Waals surface area contributed by atoms with Crippen molar-refractivity contribution in [2.24, 2.45) is 0 Å². The van der Waals surface area contributed by atoms with Crippen molar-refractivity contribution >= 4 is 39.1 Å². The fourth-order valence-corrected chi connectivity index (χ4v) is 4.76. The van der Waals surface area contributed by atoms with Gasteiger partial charge in [-0.15, -0.1) is 0 Å². The average Bonchev–Trinajstić information content (AvgIpc) is 2.58. The van der Waals surface area contributed by atoms with E-state index < -0.39 is 10.0 Å². The number of hydrogen-bond acceptors (Lipinski definition) is 6. The molecule has 0 radical (unpaired) electrons. The molecule has 0 unspecified atom stereocenters. The first-order chi connectivity index (χ1) is 13.1. The van der Waals surface area contributed by atoms with E-state index in [1.54, 1.807) is 12.1 Å². The number of phenolic OH excluding ortho intramolecular Hbond substituents is 1. The maximum absolute atomic E-state index is 12.6. The van der Waals surface area contributed by atoms with Gasteiger partial charge in [-0.3, -0.25) is 4.72 Å². The molecular formula is C19H18ClN3O3S2. The predicted molar refractivity (Wildman–Crippen MR) is 111 cm³/mol. The zero-order valence-corrected chi connectivity index (χ0v) is 17.8. The smallest absolute Gasteiger partial charge is 0.261 e. The summed E-state index contributed by atoms with van der Waals surface area (Å²) in [7, 11) is -3.79. The van der Waals surface area contributed by atoms with Gasteiger partial charge >= 0.3 is 0 Å². The standard InChI is InChI=1S/C19H18ClN3O3S2/c1-11-4-6-15(7-5-11)28(25,26)23-14-9-16(20)18(24)17(10-14)27-19-21-12(2)8-13(3)22-19/h4-10,23-24H,1-3H3. The van der Waals surface area contributed by atoms with Crippen LogP contribution in [-0.4, -0.2) is 23.5 Å². The molecule has 2 aromatic carbocycles.